The second kappa shape index (κ2) is 6.02. The summed E-state index contributed by atoms with van der Waals surface area (Å²) in [5.74, 6) is 0.371. The van der Waals surface area contributed by atoms with Gasteiger partial charge in [0.1, 0.15) is 11.4 Å². The molecule has 1 aromatic carbocycles. The quantitative estimate of drug-likeness (QED) is 0.798. The van der Waals surface area contributed by atoms with Gasteiger partial charge in [0.05, 0.1) is 30.3 Å². The number of fused-ring (bicyclic) bond motifs is 1. The van der Waals surface area contributed by atoms with Gasteiger partial charge in [0.15, 0.2) is 0 Å². The standard InChI is InChI=1S/C16H22N2O5S/c1-12(19)18-11-16(2,3)23-15-5-4-13(10-14(15)18)24(20,21)17-6-8-22-9-7-17/h4-5,10H,6-9,11H2,1-3H3. The van der Waals surface area contributed by atoms with E-state index in [1.54, 1.807) is 11.0 Å². The number of hydrogen-bond donors (Lipinski definition) is 0. The molecule has 0 N–H and O–H groups in total. The van der Waals surface area contributed by atoms with Crippen molar-refractivity contribution in [3.8, 4) is 5.75 Å². The molecule has 2 aliphatic heterocycles. The molecule has 1 aromatic rings. The normalized spacial score (nSPS) is 21.0. The van der Waals surface area contributed by atoms with Gasteiger partial charge in [-0.3, -0.25) is 4.79 Å². The fraction of sp³-hybridized carbons (Fsp3) is 0.562. The Hall–Kier alpha value is -1.64. The van der Waals surface area contributed by atoms with Crippen LogP contribution in [-0.4, -0.2) is 57.1 Å². The summed E-state index contributed by atoms with van der Waals surface area (Å²) in [7, 11) is -3.61. The Balaban J connectivity index is 2.01. The van der Waals surface area contributed by atoms with Gasteiger partial charge in [-0.15, -0.1) is 0 Å². The van der Waals surface area contributed by atoms with E-state index in [0.29, 0.717) is 44.3 Å². The predicted octanol–water partition coefficient (Wildman–Crippen LogP) is 1.23. The van der Waals surface area contributed by atoms with E-state index in [0.717, 1.165) is 0 Å². The lowest BCUT2D eigenvalue weighted by Gasteiger charge is -2.39. The topological polar surface area (TPSA) is 76.2 Å². The summed E-state index contributed by atoms with van der Waals surface area (Å²) in [6, 6.07) is 4.68. The molecular weight excluding hydrogens is 332 g/mol. The zero-order valence-electron chi connectivity index (χ0n) is 14.1. The largest absolute Gasteiger partial charge is 0.484 e. The van der Waals surface area contributed by atoms with Crippen LogP contribution in [0.2, 0.25) is 0 Å². The van der Waals surface area contributed by atoms with E-state index in [4.69, 9.17) is 9.47 Å². The highest BCUT2D eigenvalue weighted by atomic mass is 32.2. The highest BCUT2D eigenvalue weighted by molar-refractivity contribution is 7.89. The van der Waals surface area contributed by atoms with Crippen molar-refractivity contribution in [2.45, 2.75) is 31.3 Å². The number of anilines is 1. The Bertz CT molecular complexity index is 754. The molecule has 24 heavy (non-hydrogen) atoms. The fourth-order valence-corrected chi connectivity index (χ4v) is 4.40. The van der Waals surface area contributed by atoms with Crippen molar-refractivity contribution >= 4 is 21.6 Å². The van der Waals surface area contributed by atoms with Gasteiger partial charge >= 0.3 is 0 Å². The first-order valence-corrected chi connectivity index (χ1v) is 9.34. The maximum atomic E-state index is 12.8. The summed E-state index contributed by atoms with van der Waals surface area (Å²) in [4.78, 5) is 13.7. The van der Waals surface area contributed by atoms with Gasteiger partial charge in [0, 0.05) is 20.0 Å². The molecule has 0 saturated carbocycles. The molecule has 8 heteroatoms. The number of benzene rings is 1. The van der Waals surface area contributed by atoms with Crippen LogP contribution in [0.1, 0.15) is 20.8 Å². The first-order valence-electron chi connectivity index (χ1n) is 7.90. The van der Waals surface area contributed by atoms with Gasteiger partial charge in [-0.2, -0.15) is 4.31 Å². The van der Waals surface area contributed by atoms with Crippen molar-refractivity contribution in [2.24, 2.45) is 0 Å². The minimum absolute atomic E-state index is 0.145. The average molecular weight is 354 g/mol. The lowest BCUT2D eigenvalue weighted by atomic mass is 10.1. The Morgan fingerprint density at radius 3 is 2.50 bits per heavy atom. The molecule has 0 aromatic heterocycles. The number of morpholine rings is 1. The van der Waals surface area contributed by atoms with Crippen LogP contribution in [0.25, 0.3) is 0 Å². The summed E-state index contributed by atoms with van der Waals surface area (Å²) in [6.07, 6.45) is 0. The lowest BCUT2D eigenvalue weighted by Crippen LogP contribution is -2.48. The van der Waals surface area contributed by atoms with Crippen LogP contribution < -0.4 is 9.64 Å². The Morgan fingerprint density at radius 1 is 1.21 bits per heavy atom. The van der Waals surface area contributed by atoms with Crippen LogP contribution in [0.4, 0.5) is 5.69 Å². The number of carbonyl (C=O) groups is 1. The van der Waals surface area contributed by atoms with Crippen molar-refractivity contribution in [2.75, 3.05) is 37.7 Å². The second-order valence-corrected chi connectivity index (χ2v) is 8.55. The number of ether oxygens (including phenoxy) is 2. The predicted molar refractivity (Wildman–Crippen MR) is 88.8 cm³/mol. The SMILES string of the molecule is CC(=O)N1CC(C)(C)Oc2ccc(S(=O)(=O)N3CCOCC3)cc21. The van der Waals surface area contributed by atoms with E-state index in [2.05, 4.69) is 0 Å². The van der Waals surface area contributed by atoms with Crippen LogP contribution >= 0.6 is 0 Å². The number of amides is 1. The van der Waals surface area contributed by atoms with E-state index >= 15 is 0 Å². The Labute approximate surface area is 142 Å². The molecule has 0 radical (unpaired) electrons. The molecule has 0 unspecified atom stereocenters. The van der Waals surface area contributed by atoms with Gasteiger partial charge < -0.3 is 14.4 Å². The summed E-state index contributed by atoms with van der Waals surface area (Å²) in [6.45, 7) is 7.07. The minimum Gasteiger partial charge on any atom is -0.484 e. The molecule has 1 fully saturated rings. The molecule has 0 atom stereocenters. The summed E-state index contributed by atoms with van der Waals surface area (Å²) >= 11 is 0. The molecular formula is C16H22N2O5S. The average Bonchev–Trinajstić information content (AvgIpc) is 2.53. The first-order chi connectivity index (χ1) is 11.2. The maximum absolute atomic E-state index is 12.8. The minimum atomic E-state index is -3.61. The molecule has 1 amide bonds. The number of carbonyl (C=O) groups excluding carboxylic acids is 1. The highest BCUT2D eigenvalue weighted by Crippen LogP contribution is 2.39. The van der Waals surface area contributed by atoms with Gasteiger partial charge in [0.25, 0.3) is 0 Å². The Morgan fingerprint density at radius 2 is 1.88 bits per heavy atom. The van der Waals surface area contributed by atoms with Crippen molar-refractivity contribution in [3.63, 3.8) is 0 Å². The van der Waals surface area contributed by atoms with Crippen molar-refractivity contribution < 1.29 is 22.7 Å². The van der Waals surface area contributed by atoms with E-state index in [1.807, 2.05) is 13.8 Å². The number of sulfonamides is 1. The van der Waals surface area contributed by atoms with Crippen LogP contribution in [0.5, 0.6) is 5.75 Å². The van der Waals surface area contributed by atoms with Crippen LogP contribution in [-0.2, 0) is 19.6 Å². The number of nitrogens with zero attached hydrogens (tertiary/aromatic N) is 2. The molecule has 3 rings (SSSR count). The van der Waals surface area contributed by atoms with Crippen LogP contribution in [0.3, 0.4) is 0 Å². The molecule has 2 heterocycles. The van der Waals surface area contributed by atoms with Crippen molar-refractivity contribution in [1.82, 2.24) is 4.31 Å². The summed E-state index contributed by atoms with van der Waals surface area (Å²) < 4.78 is 38.1. The van der Waals surface area contributed by atoms with Crippen LogP contribution in [0.15, 0.2) is 23.1 Å². The van der Waals surface area contributed by atoms with Gasteiger partial charge in [-0.25, -0.2) is 8.42 Å². The van der Waals surface area contributed by atoms with Gasteiger partial charge in [-0.1, -0.05) is 0 Å². The number of rotatable bonds is 2. The monoisotopic (exact) mass is 354 g/mol. The van der Waals surface area contributed by atoms with Crippen LogP contribution in [0, 0.1) is 0 Å². The molecule has 2 aliphatic rings. The highest BCUT2D eigenvalue weighted by Gasteiger charge is 2.35. The molecule has 132 valence electrons. The zero-order chi connectivity index (χ0) is 17.5. The van der Waals surface area contributed by atoms with Crippen molar-refractivity contribution in [3.05, 3.63) is 18.2 Å². The van der Waals surface area contributed by atoms with Gasteiger partial charge in [-0.05, 0) is 32.0 Å². The van der Waals surface area contributed by atoms with Crippen molar-refractivity contribution in [1.29, 1.82) is 0 Å². The van der Waals surface area contributed by atoms with E-state index in [-0.39, 0.29) is 10.8 Å². The third-order valence-corrected chi connectivity index (χ3v) is 6.03. The van der Waals surface area contributed by atoms with Gasteiger partial charge in [0.2, 0.25) is 15.9 Å². The molecule has 0 aliphatic carbocycles. The summed E-state index contributed by atoms with van der Waals surface area (Å²) in [5, 5.41) is 0. The molecule has 7 nitrogen and oxygen atoms in total. The zero-order valence-corrected chi connectivity index (χ0v) is 14.9. The first kappa shape index (κ1) is 17.2. The lowest BCUT2D eigenvalue weighted by molar-refractivity contribution is -0.117. The smallest absolute Gasteiger partial charge is 0.243 e. The van der Waals surface area contributed by atoms with E-state index in [1.165, 1.54) is 23.4 Å². The third-order valence-electron chi connectivity index (χ3n) is 4.13. The molecule has 0 spiro atoms. The number of hydrogen-bond acceptors (Lipinski definition) is 5. The molecule has 1 saturated heterocycles. The fourth-order valence-electron chi connectivity index (χ4n) is 2.97. The molecule has 0 bridgehead atoms. The van der Waals surface area contributed by atoms with E-state index < -0.39 is 15.6 Å². The maximum Gasteiger partial charge on any atom is 0.243 e. The van der Waals surface area contributed by atoms with E-state index in [9.17, 15) is 13.2 Å². The Kier molecular flexibility index (Phi) is 4.31. The summed E-state index contributed by atoms with van der Waals surface area (Å²) in [5.41, 5.74) is -0.0281. The third kappa shape index (κ3) is 3.13. The second-order valence-electron chi connectivity index (χ2n) is 6.61.